The predicted octanol–water partition coefficient (Wildman–Crippen LogP) is 4.19. The molecule has 0 N–H and O–H groups in total. The van der Waals surface area contributed by atoms with E-state index in [4.69, 9.17) is 0 Å². The minimum atomic E-state index is -0.000402. The van der Waals surface area contributed by atoms with Crippen molar-refractivity contribution < 1.29 is 9.59 Å². The van der Waals surface area contributed by atoms with Gasteiger partial charge in [0, 0.05) is 37.4 Å². The molecule has 162 valence electrons. The summed E-state index contributed by atoms with van der Waals surface area (Å²) in [6, 6.07) is 14.3. The molecule has 2 amide bonds. The van der Waals surface area contributed by atoms with Crippen LogP contribution in [0, 0.1) is 5.92 Å². The van der Waals surface area contributed by atoms with E-state index in [1.807, 2.05) is 66.9 Å². The molecule has 0 unspecified atom stereocenters. The fraction of sp³-hybridized carbons (Fsp3) is 0.520. The minimum absolute atomic E-state index is 0.000402. The summed E-state index contributed by atoms with van der Waals surface area (Å²) in [5.41, 5.74) is 2.33. The third-order valence-corrected chi connectivity index (χ3v) is 6.09. The third-order valence-electron chi connectivity index (χ3n) is 6.09. The molecule has 3 rings (SSSR count). The SMILES string of the molecule is CCCCN(Cc1cccn1C)C(=O)CN(C(=O)[C@@H]1C[C@H]1c1ccccc1)C(C)C. The Labute approximate surface area is 180 Å². The Morgan fingerprint density at radius 3 is 2.47 bits per heavy atom. The van der Waals surface area contributed by atoms with E-state index < -0.39 is 0 Å². The maximum atomic E-state index is 13.2. The zero-order valence-electron chi connectivity index (χ0n) is 18.8. The van der Waals surface area contributed by atoms with Gasteiger partial charge in [0.25, 0.3) is 0 Å². The maximum absolute atomic E-state index is 13.2. The summed E-state index contributed by atoms with van der Waals surface area (Å²) in [5.74, 6) is 0.430. The minimum Gasteiger partial charge on any atom is -0.353 e. The van der Waals surface area contributed by atoms with E-state index in [1.54, 1.807) is 4.90 Å². The lowest BCUT2D eigenvalue weighted by Crippen LogP contribution is -2.46. The first-order valence-electron chi connectivity index (χ1n) is 11.2. The van der Waals surface area contributed by atoms with Gasteiger partial charge in [-0.2, -0.15) is 0 Å². The van der Waals surface area contributed by atoms with Crippen molar-refractivity contribution in [2.24, 2.45) is 13.0 Å². The van der Waals surface area contributed by atoms with E-state index >= 15 is 0 Å². The number of aryl methyl sites for hydroxylation is 1. The van der Waals surface area contributed by atoms with Gasteiger partial charge in [-0.25, -0.2) is 0 Å². The van der Waals surface area contributed by atoms with Crippen molar-refractivity contribution in [2.45, 2.75) is 58.5 Å². The highest BCUT2D eigenvalue weighted by Gasteiger charge is 2.46. The van der Waals surface area contributed by atoms with Gasteiger partial charge in [0.15, 0.2) is 0 Å². The van der Waals surface area contributed by atoms with Crippen LogP contribution < -0.4 is 0 Å². The number of hydrogen-bond acceptors (Lipinski definition) is 2. The first kappa shape index (κ1) is 22.1. The topological polar surface area (TPSA) is 45.6 Å². The van der Waals surface area contributed by atoms with Crippen LogP contribution in [0.5, 0.6) is 0 Å². The summed E-state index contributed by atoms with van der Waals surface area (Å²) in [6.07, 6.45) is 4.87. The Hall–Kier alpha value is -2.56. The summed E-state index contributed by atoms with van der Waals surface area (Å²) in [7, 11) is 2.00. The van der Waals surface area contributed by atoms with Crippen molar-refractivity contribution in [2.75, 3.05) is 13.1 Å². The van der Waals surface area contributed by atoms with Crippen molar-refractivity contribution in [3.05, 3.63) is 59.9 Å². The molecule has 2 atom stereocenters. The lowest BCUT2D eigenvalue weighted by molar-refractivity contribution is -0.143. The molecular weight excluding hydrogens is 374 g/mol. The number of nitrogens with zero attached hydrogens (tertiary/aromatic N) is 3. The zero-order chi connectivity index (χ0) is 21.7. The fourth-order valence-corrected chi connectivity index (χ4v) is 4.01. The quantitative estimate of drug-likeness (QED) is 0.590. The highest BCUT2D eigenvalue weighted by molar-refractivity contribution is 5.88. The van der Waals surface area contributed by atoms with Crippen LogP contribution in [-0.4, -0.2) is 45.3 Å². The second-order valence-electron chi connectivity index (χ2n) is 8.70. The molecule has 0 aliphatic heterocycles. The molecule has 30 heavy (non-hydrogen) atoms. The van der Waals surface area contributed by atoms with Crippen LogP contribution in [0.15, 0.2) is 48.7 Å². The molecule has 1 aromatic heterocycles. The Morgan fingerprint density at radius 2 is 1.87 bits per heavy atom. The van der Waals surface area contributed by atoms with Crippen molar-refractivity contribution in [3.63, 3.8) is 0 Å². The highest BCUT2D eigenvalue weighted by atomic mass is 16.2. The van der Waals surface area contributed by atoms with Gasteiger partial charge >= 0.3 is 0 Å². The van der Waals surface area contributed by atoms with E-state index in [0.717, 1.165) is 31.5 Å². The molecule has 1 heterocycles. The molecule has 1 aromatic carbocycles. The molecule has 0 radical (unpaired) electrons. The first-order chi connectivity index (χ1) is 14.4. The van der Waals surface area contributed by atoms with Gasteiger partial charge in [-0.1, -0.05) is 43.7 Å². The second kappa shape index (κ2) is 9.96. The van der Waals surface area contributed by atoms with E-state index in [9.17, 15) is 9.59 Å². The van der Waals surface area contributed by atoms with Crippen LogP contribution in [0.2, 0.25) is 0 Å². The van der Waals surface area contributed by atoms with Crippen LogP contribution in [-0.2, 0) is 23.2 Å². The third kappa shape index (κ3) is 5.32. The van der Waals surface area contributed by atoms with Crippen LogP contribution in [0.25, 0.3) is 0 Å². The Bertz CT molecular complexity index is 843. The van der Waals surface area contributed by atoms with Gasteiger partial charge in [0.1, 0.15) is 0 Å². The standard InChI is InChI=1S/C25H35N3O2/c1-5-6-15-27(17-21-13-10-14-26(21)4)24(29)18-28(19(2)3)25(30)23-16-22(23)20-11-8-7-9-12-20/h7-14,19,22-23H,5-6,15-18H2,1-4H3/t22-,23+/m0/s1. The van der Waals surface area contributed by atoms with Crippen LogP contribution in [0.1, 0.15) is 57.2 Å². The second-order valence-corrected chi connectivity index (χ2v) is 8.70. The van der Waals surface area contributed by atoms with Gasteiger partial charge in [0.2, 0.25) is 11.8 Å². The number of amides is 2. The monoisotopic (exact) mass is 409 g/mol. The predicted molar refractivity (Wildman–Crippen MR) is 120 cm³/mol. The summed E-state index contributed by atoms with van der Waals surface area (Å²) in [4.78, 5) is 30.1. The number of aromatic nitrogens is 1. The van der Waals surface area contributed by atoms with Gasteiger partial charge in [-0.15, -0.1) is 0 Å². The largest absolute Gasteiger partial charge is 0.353 e. The molecule has 5 heteroatoms. The smallest absolute Gasteiger partial charge is 0.242 e. The Morgan fingerprint density at radius 1 is 1.13 bits per heavy atom. The molecule has 0 spiro atoms. The van der Waals surface area contributed by atoms with Crippen molar-refractivity contribution in [3.8, 4) is 0 Å². The first-order valence-corrected chi connectivity index (χ1v) is 11.2. The Kier molecular flexibility index (Phi) is 7.35. The number of benzene rings is 1. The summed E-state index contributed by atoms with van der Waals surface area (Å²) < 4.78 is 2.05. The van der Waals surface area contributed by atoms with Gasteiger partial charge in [-0.3, -0.25) is 9.59 Å². The van der Waals surface area contributed by atoms with Gasteiger partial charge in [0.05, 0.1) is 13.1 Å². The number of hydrogen-bond donors (Lipinski definition) is 0. The number of carbonyl (C=O) groups is 2. The average Bonchev–Trinajstić information content (AvgIpc) is 3.45. The molecule has 2 aromatic rings. The van der Waals surface area contributed by atoms with Crippen molar-refractivity contribution in [1.29, 1.82) is 0 Å². The van der Waals surface area contributed by atoms with E-state index in [1.165, 1.54) is 5.56 Å². The molecule has 1 saturated carbocycles. The molecule has 1 aliphatic rings. The lowest BCUT2D eigenvalue weighted by atomic mass is 10.1. The van der Waals surface area contributed by atoms with Crippen molar-refractivity contribution in [1.82, 2.24) is 14.4 Å². The summed E-state index contributed by atoms with van der Waals surface area (Å²) >= 11 is 0. The van der Waals surface area contributed by atoms with Gasteiger partial charge < -0.3 is 14.4 Å². The number of rotatable bonds is 10. The van der Waals surface area contributed by atoms with Crippen molar-refractivity contribution >= 4 is 11.8 Å². The normalized spacial score (nSPS) is 17.8. The molecule has 1 aliphatic carbocycles. The maximum Gasteiger partial charge on any atom is 0.242 e. The summed E-state index contributed by atoms with van der Waals surface area (Å²) in [5, 5.41) is 0. The molecular formula is C25H35N3O2. The zero-order valence-corrected chi connectivity index (χ0v) is 18.8. The summed E-state index contributed by atoms with van der Waals surface area (Å²) in [6.45, 7) is 7.58. The molecule has 1 fully saturated rings. The van der Waals surface area contributed by atoms with Gasteiger partial charge in [-0.05, 0) is 50.3 Å². The van der Waals surface area contributed by atoms with E-state index in [2.05, 4.69) is 19.1 Å². The lowest BCUT2D eigenvalue weighted by Gasteiger charge is -2.30. The Balaban J connectivity index is 1.67. The average molecular weight is 410 g/mol. The van der Waals surface area contributed by atoms with E-state index in [0.29, 0.717) is 6.54 Å². The number of unbranched alkanes of at least 4 members (excludes halogenated alkanes) is 1. The highest BCUT2D eigenvalue weighted by Crippen LogP contribution is 2.48. The van der Waals surface area contributed by atoms with Crippen LogP contribution in [0.4, 0.5) is 0 Å². The van der Waals surface area contributed by atoms with Crippen LogP contribution >= 0.6 is 0 Å². The van der Waals surface area contributed by atoms with Crippen LogP contribution in [0.3, 0.4) is 0 Å². The molecule has 0 saturated heterocycles. The molecule has 0 bridgehead atoms. The van der Waals surface area contributed by atoms with E-state index in [-0.39, 0.29) is 36.2 Å². The molecule has 5 nitrogen and oxygen atoms in total. The fourth-order valence-electron chi connectivity index (χ4n) is 4.01. The number of carbonyl (C=O) groups excluding carboxylic acids is 2.